The molecule has 0 unspecified atom stereocenters. The molecule has 0 heterocycles. The highest BCUT2D eigenvalue weighted by Gasteiger charge is 2.27. The zero-order valence-electron chi connectivity index (χ0n) is 13.2. The van der Waals surface area contributed by atoms with E-state index in [2.05, 4.69) is 25.4 Å². The first-order chi connectivity index (χ1) is 12.1. The molecule has 0 saturated carbocycles. The van der Waals surface area contributed by atoms with E-state index in [9.17, 15) is 26.0 Å². The maximum Gasteiger partial charge on any atom is 0.411 e. The Morgan fingerprint density at radius 2 is 1.65 bits per heavy atom. The predicted octanol–water partition coefficient (Wildman–Crippen LogP) is 4.15. The highest BCUT2D eigenvalue weighted by molar-refractivity contribution is 9.10. The van der Waals surface area contributed by atoms with Gasteiger partial charge in [-0.25, -0.2) is 17.5 Å². The van der Waals surface area contributed by atoms with Crippen LogP contribution in [0, 0.1) is 5.82 Å². The van der Waals surface area contributed by atoms with Gasteiger partial charge in [0.15, 0.2) is 0 Å². The number of halogens is 5. The lowest BCUT2D eigenvalue weighted by atomic mass is 10.1. The molecule has 0 radical (unpaired) electrons. The summed E-state index contributed by atoms with van der Waals surface area (Å²) in [6.45, 7) is -1.56. The summed E-state index contributed by atoms with van der Waals surface area (Å²) < 4.78 is 80.6. The lowest BCUT2D eigenvalue weighted by Gasteiger charge is -2.10. The van der Waals surface area contributed by atoms with Crippen LogP contribution < -0.4 is 4.72 Å². The predicted molar refractivity (Wildman–Crippen MR) is 90.3 cm³/mol. The molecule has 1 N–H and O–H groups in total. The third kappa shape index (κ3) is 6.35. The van der Waals surface area contributed by atoms with Gasteiger partial charge in [-0.3, -0.25) is 0 Å². The van der Waals surface area contributed by atoms with Gasteiger partial charge >= 0.3 is 6.18 Å². The molecule has 2 aromatic rings. The summed E-state index contributed by atoms with van der Waals surface area (Å²) in [6.07, 6.45) is -4.38. The van der Waals surface area contributed by atoms with Gasteiger partial charge in [-0.2, -0.15) is 13.2 Å². The molecular formula is C16H14BrF4NO3S. The Hall–Kier alpha value is -1.49. The van der Waals surface area contributed by atoms with Crippen molar-refractivity contribution in [1.29, 1.82) is 0 Å². The highest BCUT2D eigenvalue weighted by atomic mass is 79.9. The largest absolute Gasteiger partial charge is 0.411 e. The lowest BCUT2D eigenvalue weighted by Crippen LogP contribution is -2.23. The van der Waals surface area contributed by atoms with Gasteiger partial charge in [0, 0.05) is 11.0 Å². The Balaban J connectivity index is 1.94. The van der Waals surface area contributed by atoms with E-state index in [1.54, 1.807) is 24.3 Å². The fourth-order valence-corrected chi connectivity index (χ4v) is 4.05. The second kappa shape index (κ2) is 8.47. The van der Waals surface area contributed by atoms with Crippen LogP contribution in [0.1, 0.15) is 11.1 Å². The molecule has 0 aliphatic rings. The monoisotopic (exact) mass is 455 g/mol. The number of hydrogen-bond donors (Lipinski definition) is 1. The van der Waals surface area contributed by atoms with Crippen molar-refractivity contribution in [2.75, 3.05) is 6.61 Å². The molecule has 2 aromatic carbocycles. The molecule has 2 rings (SSSR count). The van der Waals surface area contributed by atoms with E-state index in [0.717, 1.165) is 18.2 Å². The molecule has 10 heteroatoms. The van der Waals surface area contributed by atoms with Crippen molar-refractivity contribution < 1.29 is 30.7 Å². The Morgan fingerprint density at radius 1 is 1.04 bits per heavy atom. The van der Waals surface area contributed by atoms with Gasteiger partial charge in [0.25, 0.3) is 0 Å². The molecule has 0 amide bonds. The Morgan fingerprint density at radius 3 is 2.23 bits per heavy atom. The van der Waals surface area contributed by atoms with Crippen molar-refractivity contribution in [3.63, 3.8) is 0 Å². The third-order valence-corrected chi connectivity index (χ3v) is 5.59. The van der Waals surface area contributed by atoms with Gasteiger partial charge in [-0.05, 0) is 45.3 Å². The zero-order valence-corrected chi connectivity index (χ0v) is 15.6. The number of hydrogen-bond acceptors (Lipinski definition) is 3. The first-order valence-corrected chi connectivity index (χ1v) is 9.51. The third-order valence-electron chi connectivity index (χ3n) is 3.21. The van der Waals surface area contributed by atoms with Crippen LogP contribution >= 0.6 is 15.9 Å². The lowest BCUT2D eigenvalue weighted by molar-refractivity contribution is -0.176. The van der Waals surface area contributed by atoms with Crippen LogP contribution in [0.5, 0.6) is 0 Å². The maximum atomic E-state index is 13.1. The molecule has 0 aliphatic carbocycles. The van der Waals surface area contributed by atoms with Crippen molar-refractivity contribution in [3.05, 3.63) is 63.9 Å². The Labute approximate surface area is 156 Å². The molecule has 4 nitrogen and oxygen atoms in total. The van der Waals surface area contributed by atoms with E-state index in [1.807, 2.05) is 0 Å². The normalized spacial score (nSPS) is 12.3. The quantitative estimate of drug-likeness (QED) is 0.638. The van der Waals surface area contributed by atoms with Crippen molar-refractivity contribution in [3.8, 4) is 0 Å². The first kappa shape index (κ1) is 20.8. The standard InChI is InChI=1S/C16H14BrF4NO3S/c17-14-7-13(18)5-6-15(14)26(23,24)22-8-11-1-3-12(4-2-11)9-25-10-16(19,20)21/h1-7,22H,8-10H2. The first-order valence-electron chi connectivity index (χ1n) is 7.24. The molecule has 0 atom stereocenters. The van der Waals surface area contributed by atoms with E-state index in [0.29, 0.717) is 11.1 Å². The van der Waals surface area contributed by atoms with Gasteiger partial charge in [0.1, 0.15) is 12.4 Å². The van der Waals surface area contributed by atoms with Crippen LogP contribution in [0.25, 0.3) is 0 Å². The topological polar surface area (TPSA) is 55.4 Å². The SMILES string of the molecule is O=S(=O)(NCc1ccc(COCC(F)(F)F)cc1)c1ccc(F)cc1Br. The number of nitrogens with one attached hydrogen (secondary N) is 1. The minimum atomic E-state index is -4.38. The van der Waals surface area contributed by atoms with Crippen molar-refractivity contribution in [2.45, 2.75) is 24.2 Å². The van der Waals surface area contributed by atoms with Gasteiger partial charge in [0.05, 0.1) is 11.5 Å². The summed E-state index contributed by atoms with van der Waals surface area (Å²) in [6, 6.07) is 9.48. The van der Waals surface area contributed by atoms with E-state index >= 15 is 0 Å². The summed E-state index contributed by atoms with van der Waals surface area (Å²) in [7, 11) is -3.86. The van der Waals surface area contributed by atoms with Crippen LogP contribution in [0.2, 0.25) is 0 Å². The maximum absolute atomic E-state index is 13.1. The highest BCUT2D eigenvalue weighted by Crippen LogP contribution is 2.23. The molecule has 0 bridgehead atoms. The molecule has 0 spiro atoms. The number of sulfonamides is 1. The molecule has 0 saturated heterocycles. The van der Waals surface area contributed by atoms with Crippen molar-refractivity contribution in [1.82, 2.24) is 4.72 Å². The smallest absolute Gasteiger partial charge is 0.367 e. The Kier molecular flexibility index (Phi) is 6.78. The number of rotatable bonds is 7. The minimum Gasteiger partial charge on any atom is -0.367 e. The summed E-state index contributed by atoms with van der Waals surface area (Å²) in [5.41, 5.74) is 1.13. The average molecular weight is 456 g/mol. The molecular weight excluding hydrogens is 442 g/mol. The Bertz CT molecular complexity index is 855. The van der Waals surface area contributed by atoms with E-state index in [4.69, 9.17) is 0 Å². The molecule has 142 valence electrons. The van der Waals surface area contributed by atoms with Crippen LogP contribution in [-0.2, 0) is 27.9 Å². The van der Waals surface area contributed by atoms with Gasteiger partial charge < -0.3 is 4.74 Å². The van der Waals surface area contributed by atoms with Crippen molar-refractivity contribution >= 4 is 26.0 Å². The minimum absolute atomic E-state index is 0.0319. The molecule has 0 aromatic heterocycles. The van der Waals surface area contributed by atoms with Gasteiger partial charge in [-0.1, -0.05) is 24.3 Å². The van der Waals surface area contributed by atoms with E-state index in [-0.39, 0.29) is 22.5 Å². The van der Waals surface area contributed by atoms with E-state index < -0.39 is 28.6 Å². The summed E-state index contributed by atoms with van der Waals surface area (Å²) >= 11 is 3.00. The van der Waals surface area contributed by atoms with Crippen LogP contribution in [-0.4, -0.2) is 21.2 Å². The summed E-state index contributed by atoms with van der Waals surface area (Å²) in [5, 5.41) is 0. The number of ether oxygens (including phenoxy) is 1. The van der Waals surface area contributed by atoms with Crippen molar-refractivity contribution in [2.24, 2.45) is 0 Å². The average Bonchev–Trinajstić information content (AvgIpc) is 2.52. The van der Waals surface area contributed by atoms with Gasteiger partial charge in [0.2, 0.25) is 10.0 Å². The van der Waals surface area contributed by atoms with E-state index in [1.165, 1.54) is 0 Å². The fraction of sp³-hybridized carbons (Fsp3) is 0.250. The number of alkyl halides is 3. The second-order valence-electron chi connectivity index (χ2n) is 5.32. The second-order valence-corrected chi connectivity index (χ2v) is 7.91. The molecule has 0 aliphatic heterocycles. The number of benzene rings is 2. The zero-order chi connectivity index (χ0) is 19.4. The van der Waals surface area contributed by atoms with Crippen LogP contribution in [0.3, 0.4) is 0 Å². The molecule has 0 fully saturated rings. The molecule has 26 heavy (non-hydrogen) atoms. The van der Waals surface area contributed by atoms with Crippen LogP contribution in [0.4, 0.5) is 17.6 Å². The summed E-state index contributed by atoms with van der Waals surface area (Å²) in [5.74, 6) is -0.570. The van der Waals surface area contributed by atoms with Crippen LogP contribution in [0.15, 0.2) is 51.8 Å². The summed E-state index contributed by atoms with van der Waals surface area (Å²) in [4.78, 5) is -0.101. The fourth-order valence-electron chi connectivity index (χ4n) is 1.99. The van der Waals surface area contributed by atoms with Gasteiger partial charge in [-0.15, -0.1) is 0 Å².